The second-order valence-corrected chi connectivity index (χ2v) is 6.21. The van der Waals surface area contributed by atoms with Crippen LogP contribution < -0.4 is 5.73 Å². The number of hydrogen-bond donors (Lipinski definition) is 1. The summed E-state index contributed by atoms with van der Waals surface area (Å²) in [6.45, 7) is 1.77. The van der Waals surface area contributed by atoms with E-state index in [0.29, 0.717) is 0 Å². The molecular formula is C21H18N4O. The van der Waals surface area contributed by atoms with Crippen LogP contribution in [0.1, 0.15) is 13.0 Å². The minimum absolute atomic E-state index is 0.406. The Morgan fingerprint density at radius 2 is 1.73 bits per heavy atom. The van der Waals surface area contributed by atoms with Crippen molar-refractivity contribution in [1.82, 2.24) is 14.5 Å². The van der Waals surface area contributed by atoms with Crippen LogP contribution in [0.2, 0.25) is 0 Å². The number of nitrogens with two attached hydrogens (primary N) is 1. The summed E-state index contributed by atoms with van der Waals surface area (Å²) in [7, 11) is 0. The molecule has 0 aliphatic heterocycles. The van der Waals surface area contributed by atoms with Crippen molar-refractivity contribution in [2.45, 2.75) is 13.0 Å². The van der Waals surface area contributed by atoms with Crippen molar-refractivity contribution in [3.63, 3.8) is 0 Å². The van der Waals surface area contributed by atoms with Gasteiger partial charge in [0, 0.05) is 22.7 Å². The predicted octanol–water partition coefficient (Wildman–Crippen LogP) is 3.81. The van der Waals surface area contributed by atoms with Crippen molar-refractivity contribution < 1.29 is 4.79 Å². The van der Waals surface area contributed by atoms with Gasteiger partial charge < -0.3 is 10.3 Å². The largest absolute Gasteiger partial charge is 0.368 e. The van der Waals surface area contributed by atoms with Gasteiger partial charge in [-0.1, -0.05) is 48.5 Å². The maximum Gasteiger partial charge on any atom is 0.240 e. The second-order valence-electron chi connectivity index (χ2n) is 6.21. The van der Waals surface area contributed by atoms with Crippen molar-refractivity contribution >= 4 is 16.8 Å². The van der Waals surface area contributed by atoms with Gasteiger partial charge in [-0.05, 0) is 19.1 Å². The molecule has 128 valence electrons. The van der Waals surface area contributed by atoms with E-state index in [-0.39, 0.29) is 0 Å². The maximum absolute atomic E-state index is 11.8. The summed E-state index contributed by atoms with van der Waals surface area (Å²) in [4.78, 5) is 20.9. The number of rotatable bonds is 4. The number of amides is 1. The van der Waals surface area contributed by atoms with Crippen molar-refractivity contribution in [2.24, 2.45) is 5.73 Å². The first-order chi connectivity index (χ1) is 12.6. The lowest BCUT2D eigenvalue weighted by Crippen LogP contribution is -2.24. The lowest BCUT2D eigenvalue weighted by atomic mass is 10.0. The summed E-state index contributed by atoms with van der Waals surface area (Å²) in [5.41, 5.74) is 9.98. The molecule has 4 aromatic rings. The third-order valence-electron chi connectivity index (χ3n) is 4.53. The Labute approximate surface area is 151 Å². The summed E-state index contributed by atoms with van der Waals surface area (Å²) in [5.74, 6) is -0.406. The summed E-state index contributed by atoms with van der Waals surface area (Å²) in [6.07, 6.45) is 3.48. The molecule has 0 aliphatic carbocycles. The lowest BCUT2D eigenvalue weighted by molar-refractivity contribution is -0.120. The molecule has 2 aromatic heterocycles. The smallest absolute Gasteiger partial charge is 0.240 e. The van der Waals surface area contributed by atoms with Crippen molar-refractivity contribution in [3.8, 4) is 22.5 Å². The molecule has 0 bridgehead atoms. The Morgan fingerprint density at radius 3 is 2.50 bits per heavy atom. The first-order valence-electron chi connectivity index (χ1n) is 8.42. The van der Waals surface area contributed by atoms with E-state index in [1.165, 1.54) is 0 Å². The van der Waals surface area contributed by atoms with Crippen LogP contribution in [0.3, 0.4) is 0 Å². The highest BCUT2D eigenvalue weighted by Gasteiger charge is 2.21. The topological polar surface area (TPSA) is 73.8 Å². The Kier molecular flexibility index (Phi) is 3.97. The van der Waals surface area contributed by atoms with Crippen LogP contribution in [0.25, 0.3) is 33.4 Å². The Bertz CT molecular complexity index is 1090. The number of para-hydroxylation sites is 1. The van der Waals surface area contributed by atoms with E-state index in [1.807, 2.05) is 65.4 Å². The monoisotopic (exact) mass is 342 g/mol. The molecule has 5 nitrogen and oxygen atoms in total. The number of pyridine rings is 1. The molecule has 1 amide bonds. The molecule has 1 atom stereocenters. The van der Waals surface area contributed by atoms with Gasteiger partial charge >= 0.3 is 0 Å². The number of imidazole rings is 1. The summed E-state index contributed by atoms with van der Waals surface area (Å²) < 4.78 is 1.82. The summed E-state index contributed by atoms with van der Waals surface area (Å²) in [5, 5.41) is 1.03. The zero-order valence-electron chi connectivity index (χ0n) is 14.3. The van der Waals surface area contributed by atoms with Gasteiger partial charge in [-0.2, -0.15) is 0 Å². The van der Waals surface area contributed by atoms with Gasteiger partial charge in [0.2, 0.25) is 5.91 Å². The highest BCUT2D eigenvalue weighted by molar-refractivity contribution is 5.87. The minimum Gasteiger partial charge on any atom is -0.368 e. The fourth-order valence-corrected chi connectivity index (χ4v) is 3.09. The van der Waals surface area contributed by atoms with Gasteiger partial charge in [0.25, 0.3) is 0 Å². The van der Waals surface area contributed by atoms with E-state index in [4.69, 9.17) is 5.73 Å². The van der Waals surface area contributed by atoms with E-state index in [9.17, 15) is 4.79 Å². The van der Waals surface area contributed by atoms with Crippen molar-refractivity contribution in [2.75, 3.05) is 0 Å². The van der Waals surface area contributed by atoms with Crippen LogP contribution in [-0.4, -0.2) is 20.4 Å². The van der Waals surface area contributed by atoms with E-state index >= 15 is 0 Å². The molecule has 0 saturated carbocycles. The highest BCUT2D eigenvalue weighted by atomic mass is 16.1. The normalized spacial score (nSPS) is 12.2. The van der Waals surface area contributed by atoms with E-state index in [2.05, 4.69) is 16.0 Å². The zero-order valence-corrected chi connectivity index (χ0v) is 14.3. The van der Waals surface area contributed by atoms with Gasteiger partial charge in [-0.25, -0.2) is 4.98 Å². The molecule has 2 aromatic carbocycles. The first kappa shape index (κ1) is 16.0. The van der Waals surface area contributed by atoms with Gasteiger partial charge in [-0.3, -0.25) is 9.78 Å². The molecule has 0 fully saturated rings. The van der Waals surface area contributed by atoms with E-state index in [1.54, 1.807) is 13.3 Å². The maximum atomic E-state index is 11.8. The summed E-state index contributed by atoms with van der Waals surface area (Å²) >= 11 is 0. The first-order valence-corrected chi connectivity index (χ1v) is 8.42. The molecule has 26 heavy (non-hydrogen) atoms. The molecule has 5 heteroatoms. The number of carbonyl (C=O) groups excluding carboxylic acids is 1. The Balaban J connectivity index is 1.97. The molecular weight excluding hydrogens is 324 g/mol. The molecule has 2 heterocycles. The lowest BCUT2D eigenvalue weighted by Gasteiger charge is -2.15. The van der Waals surface area contributed by atoms with Crippen molar-refractivity contribution in [3.05, 3.63) is 73.2 Å². The number of aromatic nitrogens is 3. The summed E-state index contributed by atoms with van der Waals surface area (Å²) in [6, 6.07) is 19.4. The molecule has 2 N–H and O–H groups in total. The molecule has 0 aliphatic rings. The van der Waals surface area contributed by atoms with Crippen molar-refractivity contribution in [1.29, 1.82) is 0 Å². The molecule has 0 unspecified atom stereocenters. The van der Waals surface area contributed by atoms with Crippen LogP contribution in [0.5, 0.6) is 0 Å². The van der Waals surface area contributed by atoms with Gasteiger partial charge in [0.15, 0.2) is 0 Å². The fourth-order valence-electron chi connectivity index (χ4n) is 3.09. The fraction of sp³-hybridized carbons (Fsp3) is 0.0952. The minimum atomic E-state index is -0.513. The number of nitrogens with zero attached hydrogens (tertiary/aromatic N) is 3. The Hall–Kier alpha value is -3.47. The average molecular weight is 342 g/mol. The second kappa shape index (κ2) is 6.44. The van der Waals surface area contributed by atoms with Crippen LogP contribution >= 0.6 is 0 Å². The van der Waals surface area contributed by atoms with Crippen LogP contribution in [0.4, 0.5) is 0 Å². The predicted molar refractivity (Wildman–Crippen MR) is 102 cm³/mol. The SMILES string of the molecule is C[C@H](C(N)=O)n1cnc(-c2ccccc2)c1-c1cnc2ccccc2c1. The third kappa shape index (κ3) is 2.73. The number of hydrogen-bond acceptors (Lipinski definition) is 3. The van der Waals surface area contributed by atoms with Crippen LogP contribution in [0.15, 0.2) is 73.2 Å². The number of fused-ring (bicyclic) bond motifs is 1. The number of primary amides is 1. The van der Waals surface area contributed by atoms with E-state index in [0.717, 1.165) is 33.4 Å². The number of carbonyl (C=O) groups is 1. The van der Waals surface area contributed by atoms with Gasteiger partial charge in [0.05, 0.1) is 23.2 Å². The molecule has 0 spiro atoms. The van der Waals surface area contributed by atoms with Crippen LogP contribution in [-0.2, 0) is 4.79 Å². The van der Waals surface area contributed by atoms with Gasteiger partial charge in [0.1, 0.15) is 6.04 Å². The highest BCUT2D eigenvalue weighted by Crippen LogP contribution is 2.34. The molecule has 4 rings (SSSR count). The van der Waals surface area contributed by atoms with Gasteiger partial charge in [-0.15, -0.1) is 0 Å². The molecule has 0 saturated heterocycles. The zero-order chi connectivity index (χ0) is 18.1. The number of benzene rings is 2. The van der Waals surface area contributed by atoms with E-state index < -0.39 is 11.9 Å². The standard InChI is InChI=1S/C21H18N4O/c1-14(21(22)26)25-13-24-19(15-7-3-2-4-8-15)20(25)17-11-16-9-5-6-10-18(16)23-12-17/h2-14H,1H3,(H2,22,26)/t14-/m1/s1. The quantitative estimate of drug-likeness (QED) is 0.613. The Morgan fingerprint density at radius 1 is 1.00 bits per heavy atom. The average Bonchev–Trinajstić information content (AvgIpc) is 3.12. The third-order valence-corrected chi connectivity index (χ3v) is 4.53. The molecule has 0 radical (unpaired) electrons. The van der Waals surface area contributed by atoms with Crippen LogP contribution in [0, 0.1) is 0 Å².